The second-order valence-corrected chi connectivity index (χ2v) is 12.0. The summed E-state index contributed by atoms with van der Waals surface area (Å²) in [6.07, 6.45) is 0.346. The van der Waals surface area contributed by atoms with Gasteiger partial charge in [-0.1, -0.05) is 12.8 Å². The van der Waals surface area contributed by atoms with Crippen LogP contribution in [0.15, 0.2) is 12.7 Å². The molecular weight excluding hydrogens is 529 g/mol. The molecule has 3 aliphatic heterocycles. The summed E-state index contributed by atoms with van der Waals surface area (Å²) in [6.45, 7) is -0.432. The van der Waals surface area contributed by atoms with Crippen molar-refractivity contribution in [3.63, 3.8) is 0 Å². The number of ether oxygens (including phenoxy) is 1. The third-order valence-electron chi connectivity index (χ3n) is 6.83. The molecule has 17 heteroatoms. The SMILES string of the molecule is Nc1ncnc2c1ncn2[C@@H]1O[C@H](COP(=O)(O)OCCCCC[C@@H]2SC[C@@H]3N[C@@H](O)N[C@@H]32)[C@@H](O)[C@H]1O. The number of imidazole rings is 1. The largest absolute Gasteiger partial charge is 0.472 e. The standard InChI is InChI=1S/C20H32N7O8PS/c21-17-14-18(23-8-22-17)27(9-24-14)19-16(29)15(28)11(35-19)6-34-36(31,32)33-5-3-1-2-4-12-13-10(7-37-12)25-20(30)26-13/h8-13,15-16,19-20,25-26,28-30H,1-7H2,(H,31,32)(H2,21,22,23)/t10-,11+,12-,13-,15+,16+,19+,20+/m0/s1. The predicted molar refractivity (Wildman–Crippen MR) is 132 cm³/mol. The van der Waals surface area contributed by atoms with E-state index >= 15 is 0 Å². The number of aliphatic hydroxyl groups excluding tert-OH is 3. The first-order valence-corrected chi connectivity index (χ1v) is 14.7. The molecule has 1 unspecified atom stereocenters. The molecule has 0 radical (unpaired) electrons. The zero-order valence-electron chi connectivity index (χ0n) is 19.9. The van der Waals surface area contributed by atoms with Crippen molar-refractivity contribution < 1.29 is 38.6 Å². The van der Waals surface area contributed by atoms with Crippen LogP contribution in [0.25, 0.3) is 11.2 Å². The maximum Gasteiger partial charge on any atom is 0.472 e. The van der Waals surface area contributed by atoms with Gasteiger partial charge in [-0.05, 0) is 12.8 Å². The Kier molecular flexibility index (Phi) is 8.33. The van der Waals surface area contributed by atoms with Gasteiger partial charge in [0.1, 0.15) is 30.2 Å². The quantitative estimate of drug-likeness (QED) is 0.130. The van der Waals surface area contributed by atoms with Crippen LogP contribution in [-0.2, 0) is 18.3 Å². The fourth-order valence-corrected chi connectivity index (χ4v) is 7.26. The highest BCUT2D eigenvalue weighted by Gasteiger charge is 2.45. The van der Waals surface area contributed by atoms with Crippen molar-refractivity contribution in [2.75, 3.05) is 24.7 Å². The van der Waals surface area contributed by atoms with Gasteiger partial charge in [0, 0.05) is 23.1 Å². The summed E-state index contributed by atoms with van der Waals surface area (Å²) >= 11 is 1.88. The maximum absolute atomic E-state index is 12.3. The molecule has 0 aromatic carbocycles. The minimum absolute atomic E-state index is 0.0393. The van der Waals surface area contributed by atoms with Crippen molar-refractivity contribution in [3.8, 4) is 0 Å². The fourth-order valence-electron chi connectivity index (χ4n) is 4.93. The van der Waals surface area contributed by atoms with E-state index < -0.39 is 45.3 Å². The highest BCUT2D eigenvalue weighted by molar-refractivity contribution is 8.00. The number of aromatic nitrogens is 4. The average molecular weight is 562 g/mol. The molecule has 206 valence electrons. The minimum atomic E-state index is -4.39. The van der Waals surface area contributed by atoms with Gasteiger partial charge in [0.05, 0.1) is 19.5 Å². The number of fused-ring (bicyclic) bond motifs is 2. The first-order chi connectivity index (χ1) is 17.7. The zero-order valence-corrected chi connectivity index (χ0v) is 21.6. The van der Waals surface area contributed by atoms with E-state index in [0.717, 1.165) is 25.0 Å². The first kappa shape index (κ1) is 27.1. The number of phosphoric acid groups is 1. The van der Waals surface area contributed by atoms with Gasteiger partial charge >= 0.3 is 7.82 Å². The number of nitrogens with zero attached hydrogens (tertiary/aromatic N) is 4. The lowest BCUT2D eigenvalue weighted by atomic mass is 10.0. The van der Waals surface area contributed by atoms with Crippen LogP contribution in [0.3, 0.4) is 0 Å². The van der Waals surface area contributed by atoms with Gasteiger partial charge in [-0.2, -0.15) is 11.8 Å². The lowest BCUT2D eigenvalue weighted by Crippen LogP contribution is -2.37. The Morgan fingerprint density at radius 3 is 2.84 bits per heavy atom. The Labute approximate surface area is 216 Å². The number of hydrogen-bond acceptors (Lipinski definition) is 14. The minimum Gasteiger partial charge on any atom is -0.387 e. The van der Waals surface area contributed by atoms with Gasteiger partial charge in [-0.15, -0.1) is 0 Å². The average Bonchev–Trinajstić information content (AvgIpc) is 3.60. The highest BCUT2D eigenvalue weighted by Crippen LogP contribution is 2.45. The Morgan fingerprint density at radius 1 is 1.16 bits per heavy atom. The summed E-state index contributed by atoms with van der Waals surface area (Å²) in [6, 6.07) is 0.545. The van der Waals surface area contributed by atoms with E-state index in [1.807, 2.05) is 11.8 Å². The van der Waals surface area contributed by atoms with Crippen LogP contribution in [0, 0.1) is 0 Å². The van der Waals surface area contributed by atoms with Gasteiger partial charge < -0.3 is 30.7 Å². The smallest absolute Gasteiger partial charge is 0.387 e. The number of unbranched alkanes of at least 4 members (excludes halogenated alkanes) is 2. The van der Waals surface area contributed by atoms with Crippen LogP contribution in [0.2, 0.25) is 0 Å². The number of anilines is 1. The molecule has 0 saturated carbocycles. The maximum atomic E-state index is 12.3. The molecule has 2 aromatic heterocycles. The van der Waals surface area contributed by atoms with E-state index in [1.165, 1.54) is 17.2 Å². The summed E-state index contributed by atoms with van der Waals surface area (Å²) in [7, 11) is -4.39. The van der Waals surface area contributed by atoms with E-state index in [-0.39, 0.29) is 24.5 Å². The molecular formula is C20H32N7O8PS. The summed E-state index contributed by atoms with van der Waals surface area (Å²) in [5, 5.41) is 37.2. The molecule has 5 rings (SSSR count). The van der Waals surface area contributed by atoms with Crippen LogP contribution < -0.4 is 16.4 Å². The van der Waals surface area contributed by atoms with Crippen LogP contribution in [0.5, 0.6) is 0 Å². The summed E-state index contributed by atoms with van der Waals surface area (Å²) in [4.78, 5) is 22.1. The molecule has 0 bridgehead atoms. The number of aliphatic hydroxyl groups is 3. The molecule has 5 heterocycles. The Hall–Kier alpha value is -1.43. The molecule has 3 aliphatic rings. The second kappa shape index (κ2) is 11.4. The van der Waals surface area contributed by atoms with Crippen molar-refractivity contribution in [1.82, 2.24) is 30.2 Å². The predicted octanol–water partition coefficient (Wildman–Crippen LogP) is -0.957. The van der Waals surface area contributed by atoms with Crippen LogP contribution in [-0.4, -0.2) is 101 Å². The monoisotopic (exact) mass is 561 g/mol. The van der Waals surface area contributed by atoms with E-state index in [1.54, 1.807) is 0 Å². The summed E-state index contributed by atoms with van der Waals surface area (Å²) < 4.78 is 29.5. The molecule has 2 aromatic rings. The number of phosphoric ester groups is 1. The molecule has 15 nitrogen and oxygen atoms in total. The number of hydrogen-bond donors (Lipinski definition) is 7. The van der Waals surface area contributed by atoms with Crippen molar-refractivity contribution >= 4 is 36.6 Å². The van der Waals surface area contributed by atoms with E-state index in [4.69, 9.17) is 19.5 Å². The molecule has 0 spiro atoms. The molecule has 8 N–H and O–H groups in total. The molecule has 3 fully saturated rings. The summed E-state index contributed by atoms with van der Waals surface area (Å²) in [5.41, 5.74) is 6.41. The lowest BCUT2D eigenvalue weighted by Gasteiger charge is -2.18. The molecule has 3 saturated heterocycles. The van der Waals surface area contributed by atoms with Gasteiger partial charge in [-0.3, -0.25) is 24.2 Å². The number of thioether (sulfide) groups is 1. The van der Waals surface area contributed by atoms with E-state index in [0.29, 0.717) is 22.8 Å². The summed E-state index contributed by atoms with van der Waals surface area (Å²) in [5.74, 6) is 1.12. The number of rotatable bonds is 11. The van der Waals surface area contributed by atoms with E-state index in [2.05, 4.69) is 25.6 Å². The van der Waals surface area contributed by atoms with Crippen LogP contribution >= 0.6 is 19.6 Å². The van der Waals surface area contributed by atoms with E-state index in [9.17, 15) is 24.8 Å². The van der Waals surface area contributed by atoms with Crippen LogP contribution in [0.1, 0.15) is 31.9 Å². The Morgan fingerprint density at radius 2 is 2.00 bits per heavy atom. The van der Waals surface area contributed by atoms with Gasteiger partial charge in [0.25, 0.3) is 0 Å². The third-order valence-corrected chi connectivity index (χ3v) is 9.33. The zero-order chi connectivity index (χ0) is 26.2. The lowest BCUT2D eigenvalue weighted by molar-refractivity contribution is -0.0514. The molecule has 0 aliphatic carbocycles. The topological polar surface area (TPSA) is 219 Å². The van der Waals surface area contributed by atoms with Gasteiger partial charge in [-0.25, -0.2) is 19.5 Å². The Bertz CT molecular complexity index is 1130. The number of nitrogens with one attached hydrogen (secondary N) is 2. The van der Waals surface area contributed by atoms with Crippen molar-refractivity contribution in [2.45, 2.75) is 73.9 Å². The van der Waals surface area contributed by atoms with Gasteiger partial charge in [0.2, 0.25) is 0 Å². The van der Waals surface area contributed by atoms with Gasteiger partial charge in [0.15, 0.2) is 24.0 Å². The molecule has 37 heavy (non-hydrogen) atoms. The van der Waals surface area contributed by atoms with Crippen molar-refractivity contribution in [2.24, 2.45) is 0 Å². The molecule has 9 atom stereocenters. The third kappa shape index (κ3) is 5.94. The number of nitrogen functional groups attached to an aromatic ring is 1. The fraction of sp³-hybridized carbons (Fsp3) is 0.750. The van der Waals surface area contributed by atoms with Crippen molar-refractivity contribution in [1.29, 1.82) is 0 Å². The number of nitrogens with two attached hydrogens (primary N) is 1. The molecule has 0 amide bonds. The second-order valence-electron chi connectivity index (χ2n) is 9.32. The Balaban J connectivity index is 1.03. The first-order valence-electron chi connectivity index (χ1n) is 12.1. The van der Waals surface area contributed by atoms with Crippen LogP contribution in [0.4, 0.5) is 5.82 Å². The normalized spacial score (nSPS) is 35.2. The van der Waals surface area contributed by atoms with Crippen molar-refractivity contribution in [3.05, 3.63) is 12.7 Å². The highest BCUT2D eigenvalue weighted by atomic mass is 32.2.